The van der Waals surface area contributed by atoms with Gasteiger partial charge in [0.15, 0.2) is 0 Å². The summed E-state index contributed by atoms with van der Waals surface area (Å²) in [4.78, 5) is 11.0. The van der Waals surface area contributed by atoms with Crippen LogP contribution in [0.3, 0.4) is 0 Å². The number of ether oxygens (including phenoxy) is 1. The van der Waals surface area contributed by atoms with Crippen LogP contribution >= 0.6 is 0 Å². The first-order valence-electron chi connectivity index (χ1n) is 6.08. The largest absolute Gasteiger partial charge is 0.452 e. The van der Waals surface area contributed by atoms with Crippen molar-refractivity contribution in [2.45, 2.75) is 32.2 Å². The Hall–Kier alpha value is -0.860. The van der Waals surface area contributed by atoms with Crippen LogP contribution in [0.1, 0.15) is 26.2 Å². The molecule has 0 saturated carbocycles. The van der Waals surface area contributed by atoms with E-state index in [1.54, 1.807) is 0 Å². The van der Waals surface area contributed by atoms with Gasteiger partial charge in [0, 0.05) is 19.1 Å². The molecule has 0 radical (unpaired) electrons. The van der Waals surface area contributed by atoms with Crippen molar-refractivity contribution in [3.63, 3.8) is 0 Å². The van der Waals surface area contributed by atoms with Crippen LogP contribution in [-0.4, -0.2) is 51.6 Å². The van der Waals surface area contributed by atoms with E-state index in [0.29, 0.717) is 13.1 Å². The number of methoxy groups -OCH3 is 1. The molecule has 1 aliphatic rings. The smallest absolute Gasteiger partial charge is 0.421 e. The van der Waals surface area contributed by atoms with Gasteiger partial charge < -0.3 is 10.1 Å². The molecule has 18 heavy (non-hydrogen) atoms. The van der Waals surface area contributed by atoms with E-state index < -0.39 is 16.3 Å². The van der Waals surface area contributed by atoms with Crippen molar-refractivity contribution in [1.82, 2.24) is 14.3 Å². The van der Waals surface area contributed by atoms with Gasteiger partial charge in [0.2, 0.25) is 0 Å². The highest BCUT2D eigenvalue weighted by atomic mass is 32.2. The fourth-order valence-electron chi connectivity index (χ4n) is 1.89. The highest BCUT2D eigenvalue weighted by Gasteiger charge is 2.29. The number of hydrogen-bond donors (Lipinski definition) is 2. The molecule has 2 N–H and O–H groups in total. The number of amides is 1. The molecule has 7 nitrogen and oxygen atoms in total. The lowest BCUT2D eigenvalue weighted by Crippen LogP contribution is -2.52. The Morgan fingerprint density at radius 3 is 2.83 bits per heavy atom. The van der Waals surface area contributed by atoms with Gasteiger partial charge in [0.1, 0.15) is 0 Å². The highest BCUT2D eigenvalue weighted by Crippen LogP contribution is 2.13. The summed E-state index contributed by atoms with van der Waals surface area (Å²) in [6.45, 7) is 3.73. The lowest BCUT2D eigenvalue weighted by Gasteiger charge is -2.32. The lowest BCUT2D eigenvalue weighted by molar-refractivity contribution is 0.176. The van der Waals surface area contributed by atoms with Crippen LogP contribution in [0.5, 0.6) is 0 Å². The second-order valence-electron chi connectivity index (χ2n) is 4.25. The van der Waals surface area contributed by atoms with Gasteiger partial charge in [0.05, 0.1) is 7.11 Å². The third kappa shape index (κ3) is 4.43. The fourth-order valence-corrected chi connectivity index (χ4v) is 3.06. The summed E-state index contributed by atoms with van der Waals surface area (Å²) in [5, 5.41) is 3.29. The molecule has 0 aliphatic carbocycles. The molecule has 1 atom stereocenters. The lowest BCUT2D eigenvalue weighted by atomic mass is 10.1. The SMILES string of the molecule is CCCNC1CCCN(S(=O)(=O)NC(=O)OC)C1. The van der Waals surface area contributed by atoms with Gasteiger partial charge in [-0.15, -0.1) is 0 Å². The number of nitrogens with zero attached hydrogens (tertiary/aromatic N) is 1. The van der Waals surface area contributed by atoms with Crippen LogP contribution in [0.25, 0.3) is 0 Å². The fraction of sp³-hybridized carbons (Fsp3) is 0.900. The van der Waals surface area contributed by atoms with Crippen molar-refractivity contribution in [2.24, 2.45) is 0 Å². The average Bonchev–Trinajstić information content (AvgIpc) is 2.36. The molecule has 1 unspecified atom stereocenters. The Kier molecular flexibility index (Phi) is 5.83. The second kappa shape index (κ2) is 6.91. The highest BCUT2D eigenvalue weighted by molar-refractivity contribution is 7.87. The number of piperidine rings is 1. The van der Waals surface area contributed by atoms with Crippen molar-refractivity contribution < 1.29 is 17.9 Å². The van der Waals surface area contributed by atoms with E-state index in [9.17, 15) is 13.2 Å². The minimum Gasteiger partial charge on any atom is -0.452 e. The zero-order valence-electron chi connectivity index (χ0n) is 10.8. The van der Waals surface area contributed by atoms with Gasteiger partial charge >= 0.3 is 16.3 Å². The molecule has 0 aromatic heterocycles. The van der Waals surface area contributed by atoms with Gasteiger partial charge in [-0.05, 0) is 25.8 Å². The second-order valence-corrected chi connectivity index (χ2v) is 5.92. The Morgan fingerprint density at radius 2 is 2.22 bits per heavy atom. The maximum absolute atomic E-state index is 11.9. The van der Waals surface area contributed by atoms with Crippen LogP contribution in [0.4, 0.5) is 4.79 Å². The molecule has 0 aromatic rings. The van der Waals surface area contributed by atoms with Crippen LogP contribution in [-0.2, 0) is 14.9 Å². The van der Waals surface area contributed by atoms with E-state index in [0.717, 1.165) is 32.9 Å². The third-order valence-corrected chi connectivity index (χ3v) is 4.24. The molecule has 8 heteroatoms. The number of rotatable bonds is 5. The number of carbonyl (C=O) groups is 1. The zero-order valence-corrected chi connectivity index (χ0v) is 11.6. The summed E-state index contributed by atoms with van der Waals surface area (Å²) in [6, 6.07) is 0.146. The number of carbonyl (C=O) groups excluding carboxylic acids is 1. The third-order valence-electron chi connectivity index (χ3n) is 2.80. The van der Waals surface area contributed by atoms with E-state index in [2.05, 4.69) is 17.0 Å². The standard InChI is InChI=1S/C10H21N3O4S/c1-3-6-11-9-5-4-7-13(8-9)18(15,16)12-10(14)17-2/h9,11H,3-8H2,1-2H3,(H,12,14). The molecule has 0 aromatic carbocycles. The molecule has 1 fully saturated rings. The predicted octanol–water partition coefficient (Wildman–Crippen LogP) is 0.0512. The molecule has 1 saturated heterocycles. The van der Waals surface area contributed by atoms with E-state index >= 15 is 0 Å². The molecule has 1 amide bonds. The van der Waals surface area contributed by atoms with Crippen LogP contribution in [0.2, 0.25) is 0 Å². The first-order chi connectivity index (χ1) is 8.49. The Labute approximate surface area is 108 Å². The van der Waals surface area contributed by atoms with Gasteiger partial charge in [-0.2, -0.15) is 12.7 Å². The minimum atomic E-state index is -3.78. The van der Waals surface area contributed by atoms with Crippen molar-refractivity contribution in [2.75, 3.05) is 26.7 Å². The van der Waals surface area contributed by atoms with Crippen molar-refractivity contribution in [3.05, 3.63) is 0 Å². The van der Waals surface area contributed by atoms with Crippen LogP contribution < -0.4 is 10.0 Å². The average molecular weight is 279 g/mol. The van der Waals surface area contributed by atoms with Gasteiger partial charge in [0.25, 0.3) is 0 Å². The zero-order chi connectivity index (χ0) is 13.6. The first-order valence-corrected chi connectivity index (χ1v) is 7.52. The summed E-state index contributed by atoms with van der Waals surface area (Å²) >= 11 is 0. The van der Waals surface area contributed by atoms with Gasteiger partial charge in [-0.1, -0.05) is 6.92 Å². The molecule has 1 heterocycles. The van der Waals surface area contributed by atoms with Gasteiger partial charge in [-0.25, -0.2) is 9.52 Å². The Morgan fingerprint density at radius 1 is 1.50 bits per heavy atom. The molecule has 0 bridgehead atoms. The Bertz CT molecular complexity index is 371. The van der Waals surface area contributed by atoms with E-state index in [1.807, 2.05) is 4.72 Å². The van der Waals surface area contributed by atoms with E-state index in [4.69, 9.17) is 0 Å². The van der Waals surface area contributed by atoms with Crippen LogP contribution in [0.15, 0.2) is 0 Å². The van der Waals surface area contributed by atoms with Crippen LogP contribution in [0, 0.1) is 0 Å². The molecular weight excluding hydrogens is 258 g/mol. The maximum atomic E-state index is 11.9. The normalized spacial score (nSPS) is 21.6. The molecule has 0 spiro atoms. The summed E-state index contributed by atoms with van der Waals surface area (Å²) in [7, 11) is -2.65. The van der Waals surface area contributed by atoms with Crippen molar-refractivity contribution in [1.29, 1.82) is 0 Å². The molecule has 106 valence electrons. The van der Waals surface area contributed by atoms with Crippen molar-refractivity contribution in [3.8, 4) is 0 Å². The summed E-state index contributed by atoms with van der Waals surface area (Å²) in [5.74, 6) is 0. The predicted molar refractivity (Wildman–Crippen MR) is 67.3 cm³/mol. The molecule has 1 aliphatic heterocycles. The van der Waals surface area contributed by atoms with E-state index in [-0.39, 0.29) is 6.04 Å². The monoisotopic (exact) mass is 279 g/mol. The summed E-state index contributed by atoms with van der Waals surface area (Å²) < 4.78 is 31.2. The number of hydrogen-bond acceptors (Lipinski definition) is 5. The van der Waals surface area contributed by atoms with Crippen molar-refractivity contribution >= 4 is 16.3 Å². The first kappa shape index (κ1) is 15.2. The summed E-state index contributed by atoms with van der Waals surface area (Å²) in [5.41, 5.74) is 0. The minimum absolute atomic E-state index is 0.146. The maximum Gasteiger partial charge on any atom is 0.421 e. The van der Waals surface area contributed by atoms with E-state index in [1.165, 1.54) is 4.31 Å². The topological polar surface area (TPSA) is 87.7 Å². The molecule has 1 rings (SSSR count). The summed E-state index contributed by atoms with van der Waals surface area (Å²) in [6.07, 6.45) is 1.77. The molecular formula is C10H21N3O4S. The van der Waals surface area contributed by atoms with Gasteiger partial charge in [-0.3, -0.25) is 0 Å². The quantitative estimate of drug-likeness (QED) is 0.742. The Balaban J connectivity index is 2.57. The number of nitrogens with one attached hydrogen (secondary N) is 2.